The van der Waals surface area contributed by atoms with E-state index >= 15 is 0 Å². The van der Waals surface area contributed by atoms with Crippen molar-refractivity contribution in [2.75, 3.05) is 0 Å². The van der Waals surface area contributed by atoms with Gasteiger partial charge in [0.2, 0.25) is 0 Å². The summed E-state index contributed by atoms with van der Waals surface area (Å²) in [6, 6.07) is 9.36. The fourth-order valence-electron chi connectivity index (χ4n) is 1.44. The largest absolute Gasteiger partial charge is 0.475 e. The molecule has 0 aliphatic rings. The number of hydrogen-bond donors (Lipinski definition) is 1. The van der Waals surface area contributed by atoms with Crippen molar-refractivity contribution < 1.29 is 9.90 Å². The smallest absolute Gasteiger partial charge is 0.375 e. The molecule has 0 fully saturated rings. The van der Waals surface area contributed by atoms with E-state index in [1.165, 1.54) is 0 Å². The van der Waals surface area contributed by atoms with E-state index in [-0.39, 0.29) is 5.82 Å². The Kier molecular flexibility index (Phi) is 2.68. The Morgan fingerprint density at radius 1 is 1.38 bits per heavy atom. The quantitative estimate of drug-likeness (QED) is 0.846. The minimum Gasteiger partial charge on any atom is -0.475 e. The fourth-order valence-corrected chi connectivity index (χ4v) is 1.44. The second-order valence-electron chi connectivity index (χ2n) is 3.26. The van der Waals surface area contributed by atoms with E-state index in [9.17, 15) is 4.79 Å². The van der Waals surface area contributed by atoms with E-state index in [1.807, 2.05) is 37.3 Å². The average molecular weight is 217 g/mol. The maximum atomic E-state index is 10.8. The number of carboxylic acids is 1. The zero-order chi connectivity index (χ0) is 11.5. The summed E-state index contributed by atoms with van der Waals surface area (Å²) in [6.07, 6.45) is 0.634. The number of aryl methyl sites for hydroxylation is 1. The van der Waals surface area contributed by atoms with Gasteiger partial charge in [0.05, 0.1) is 5.69 Å². The van der Waals surface area contributed by atoms with Crippen molar-refractivity contribution in [1.29, 1.82) is 0 Å². The van der Waals surface area contributed by atoms with Gasteiger partial charge in [0.15, 0.2) is 0 Å². The Hall–Kier alpha value is -2.17. The second-order valence-corrected chi connectivity index (χ2v) is 3.26. The van der Waals surface area contributed by atoms with Gasteiger partial charge in [-0.15, -0.1) is 5.10 Å². The molecule has 1 heterocycles. The molecule has 0 unspecified atom stereocenters. The third-order valence-electron chi connectivity index (χ3n) is 2.18. The summed E-state index contributed by atoms with van der Waals surface area (Å²) in [7, 11) is 0. The number of rotatable bonds is 3. The topological polar surface area (TPSA) is 68.0 Å². The molecule has 0 spiro atoms. The van der Waals surface area contributed by atoms with Crippen LogP contribution in [0.2, 0.25) is 0 Å². The lowest BCUT2D eigenvalue weighted by molar-refractivity contribution is 0.0683. The van der Waals surface area contributed by atoms with Gasteiger partial charge in [0.25, 0.3) is 5.82 Å². The minimum absolute atomic E-state index is 0.166. The van der Waals surface area contributed by atoms with Crippen LogP contribution in [0, 0.1) is 0 Å². The van der Waals surface area contributed by atoms with Crippen molar-refractivity contribution in [2.24, 2.45) is 0 Å². The van der Waals surface area contributed by atoms with Gasteiger partial charge in [0.1, 0.15) is 5.82 Å². The Balaban J connectivity index is 2.52. The number of benzene rings is 1. The van der Waals surface area contributed by atoms with Crippen LogP contribution in [0.3, 0.4) is 0 Å². The SMILES string of the molecule is CCc1nc(C(=O)O)nn1-c1ccccc1. The lowest BCUT2D eigenvalue weighted by atomic mass is 10.3. The first kappa shape index (κ1) is 10.4. The molecule has 0 bridgehead atoms. The highest BCUT2D eigenvalue weighted by Gasteiger charge is 2.14. The average Bonchev–Trinajstić information content (AvgIpc) is 2.74. The maximum Gasteiger partial charge on any atom is 0.375 e. The van der Waals surface area contributed by atoms with E-state index in [0.717, 1.165) is 5.69 Å². The number of aromatic nitrogens is 3. The van der Waals surface area contributed by atoms with Gasteiger partial charge < -0.3 is 5.11 Å². The number of aromatic carboxylic acids is 1. The van der Waals surface area contributed by atoms with Crippen LogP contribution in [0.4, 0.5) is 0 Å². The standard InChI is InChI=1S/C11H11N3O2/c1-2-9-12-10(11(15)16)13-14(9)8-6-4-3-5-7-8/h3-7H,2H2,1H3,(H,15,16). The summed E-state index contributed by atoms with van der Waals surface area (Å²) in [5, 5.41) is 12.8. The number of carbonyl (C=O) groups is 1. The lowest BCUT2D eigenvalue weighted by Crippen LogP contribution is -2.03. The van der Waals surface area contributed by atoms with Gasteiger partial charge >= 0.3 is 5.97 Å². The third kappa shape index (κ3) is 1.79. The van der Waals surface area contributed by atoms with E-state index in [2.05, 4.69) is 10.1 Å². The molecular weight excluding hydrogens is 206 g/mol. The summed E-state index contributed by atoms with van der Waals surface area (Å²) in [6.45, 7) is 1.91. The Bertz CT molecular complexity index is 505. The molecule has 0 radical (unpaired) electrons. The molecular formula is C11H11N3O2. The molecule has 16 heavy (non-hydrogen) atoms. The first-order chi connectivity index (χ1) is 7.72. The van der Waals surface area contributed by atoms with Crippen molar-refractivity contribution in [2.45, 2.75) is 13.3 Å². The van der Waals surface area contributed by atoms with Crippen molar-refractivity contribution in [3.8, 4) is 5.69 Å². The van der Waals surface area contributed by atoms with E-state index in [0.29, 0.717) is 12.2 Å². The molecule has 2 aromatic rings. The van der Waals surface area contributed by atoms with Crippen LogP contribution in [0.25, 0.3) is 5.69 Å². The molecule has 1 N–H and O–H groups in total. The van der Waals surface area contributed by atoms with Gasteiger partial charge in [-0.2, -0.15) is 0 Å². The third-order valence-corrected chi connectivity index (χ3v) is 2.18. The lowest BCUT2D eigenvalue weighted by Gasteiger charge is -2.02. The fraction of sp³-hybridized carbons (Fsp3) is 0.182. The minimum atomic E-state index is -1.11. The zero-order valence-electron chi connectivity index (χ0n) is 8.79. The highest BCUT2D eigenvalue weighted by atomic mass is 16.4. The van der Waals surface area contributed by atoms with E-state index in [1.54, 1.807) is 4.68 Å². The summed E-state index contributed by atoms with van der Waals surface area (Å²) in [4.78, 5) is 14.7. The first-order valence-corrected chi connectivity index (χ1v) is 4.97. The molecule has 0 saturated heterocycles. The predicted molar refractivity (Wildman–Crippen MR) is 57.7 cm³/mol. The number of carboxylic acid groups (broad SMARTS) is 1. The van der Waals surface area contributed by atoms with Gasteiger partial charge in [-0.3, -0.25) is 0 Å². The summed E-state index contributed by atoms with van der Waals surface area (Å²) in [5.41, 5.74) is 0.819. The van der Waals surface area contributed by atoms with E-state index in [4.69, 9.17) is 5.11 Å². The Labute approximate surface area is 92.4 Å². The number of hydrogen-bond acceptors (Lipinski definition) is 3. The molecule has 5 nitrogen and oxygen atoms in total. The summed E-state index contributed by atoms with van der Waals surface area (Å²) >= 11 is 0. The van der Waals surface area contributed by atoms with Crippen LogP contribution in [0.5, 0.6) is 0 Å². The summed E-state index contributed by atoms with van der Waals surface area (Å²) in [5.74, 6) is -0.631. The molecule has 0 aliphatic heterocycles. The second kappa shape index (κ2) is 4.14. The van der Waals surface area contributed by atoms with Crippen LogP contribution >= 0.6 is 0 Å². The number of nitrogens with zero attached hydrogens (tertiary/aromatic N) is 3. The predicted octanol–water partition coefficient (Wildman–Crippen LogP) is 1.53. The van der Waals surface area contributed by atoms with Crippen molar-refractivity contribution in [3.05, 3.63) is 42.0 Å². The zero-order valence-corrected chi connectivity index (χ0v) is 8.79. The van der Waals surface area contributed by atoms with Gasteiger partial charge in [0, 0.05) is 6.42 Å². The Morgan fingerprint density at radius 2 is 2.06 bits per heavy atom. The number of para-hydroxylation sites is 1. The van der Waals surface area contributed by atoms with E-state index < -0.39 is 5.97 Å². The molecule has 82 valence electrons. The highest BCUT2D eigenvalue weighted by Crippen LogP contribution is 2.09. The molecule has 0 saturated carbocycles. The molecule has 2 rings (SSSR count). The van der Waals surface area contributed by atoms with Crippen LogP contribution in [-0.4, -0.2) is 25.8 Å². The Morgan fingerprint density at radius 3 is 2.62 bits per heavy atom. The monoisotopic (exact) mass is 217 g/mol. The van der Waals surface area contributed by atoms with Crippen LogP contribution < -0.4 is 0 Å². The van der Waals surface area contributed by atoms with Gasteiger partial charge in [-0.05, 0) is 12.1 Å². The maximum absolute atomic E-state index is 10.8. The first-order valence-electron chi connectivity index (χ1n) is 4.97. The van der Waals surface area contributed by atoms with Crippen LogP contribution in [-0.2, 0) is 6.42 Å². The molecule has 1 aromatic carbocycles. The molecule has 0 amide bonds. The molecule has 1 aromatic heterocycles. The van der Waals surface area contributed by atoms with Crippen molar-refractivity contribution >= 4 is 5.97 Å². The summed E-state index contributed by atoms with van der Waals surface area (Å²) < 4.78 is 1.56. The van der Waals surface area contributed by atoms with Crippen LogP contribution in [0.1, 0.15) is 23.4 Å². The van der Waals surface area contributed by atoms with Gasteiger partial charge in [-0.25, -0.2) is 14.5 Å². The van der Waals surface area contributed by atoms with Crippen molar-refractivity contribution in [3.63, 3.8) is 0 Å². The molecule has 0 aliphatic carbocycles. The molecule has 0 atom stereocenters. The highest BCUT2D eigenvalue weighted by molar-refractivity contribution is 5.83. The normalized spacial score (nSPS) is 10.3. The van der Waals surface area contributed by atoms with Crippen molar-refractivity contribution in [1.82, 2.24) is 14.8 Å². The molecule has 5 heteroatoms. The van der Waals surface area contributed by atoms with Gasteiger partial charge in [-0.1, -0.05) is 25.1 Å². The van der Waals surface area contributed by atoms with Crippen LogP contribution in [0.15, 0.2) is 30.3 Å².